The maximum absolute atomic E-state index is 10.9. The number of aromatic hydroxyl groups is 4. The maximum Gasteiger partial charge on any atom is 0.128 e. The first-order valence-electron chi connectivity index (χ1n) is 23.5. The molecule has 4 aromatic heterocycles. The van der Waals surface area contributed by atoms with E-state index in [-0.39, 0.29) is 11.5 Å². The van der Waals surface area contributed by atoms with Crippen molar-refractivity contribution in [3.8, 4) is 102 Å². The van der Waals surface area contributed by atoms with Gasteiger partial charge in [-0.25, -0.2) is 19.9 Å². The zero-order chi connectivity index (χ0) is 47.8. The number of methoxy groups -OCH3 is 2. The number of rotatable bonds is 18. The number of nitrogens with zero attached hydrogens (tertiary/aromatic N) is 4. The van der Waals surface area contributed by atoms with Crippen molar-refractivity contribution in [1.29, 1.82) is 0 Å². The Morgan fingerprint density at radius 2 is 0.676 bits per heavy atom. The number of hydrogen-bond donors (Lipinski definition) is 4. The van der Waals surface area contributed by atoms with Gasteiger partial charge in [0.25, 0.3) is 0 Å². The average Bonchev–Trinajstić information content (AvgIpc) is 3.38. The number of para-hydroxylation sites is 2. The number of pyridine rings is 4. The highest BCUT2D eigenvalue weighted by Crippen LogP contribution is 2.37. The second-order valence-electron chi connectivity index (χ2n) is 16.6. The molecule has 8 rings (SSSR count). The Morgan fingerprint density at radius 3 is 1.01 bits per heavy atom. The van der Waals surface area contributed by atoms with Crippen LogP contribution in [0.3, 0.4) is 0 Å². The fraction of sp³-hybridized carbons (Fsp3) is 0.241. The number of phenols is 4. The fourth-order valence-electron chi connectivity index (χ4n) is 8.09. The summed E-state index contributed by atoms with van der Waals surface area (Å²) in [4.78, 5) is 19.1. The first kappa shape index (κ1) is 48.2. The number of ether oxygens (including phenoxy) is 2. The van der Waals surface area contributed by atoms with Gasteiger partial charge in [-0.2, -0.15) is 0 Å². The van der Waals surface area contributed by atoms with E-state index in [9.17, 15) is 20.4 Å². The van der Waals surface area contributed by atoms with Crippen LogP contribution in [0.4, 0.5) is 0 Å². The van der Waals surface area contributed by atoms with Crippen LogP contribution in [0, 0.1) is 0 Å². The van der Waals surface area contributed by atoms with Crippen LogP contribution in [-0.4, -0.2) is 54.6 Å². The predicted molar refractivity (Wildman–Crippen MR) is 272 cm³/mol. The van der Waals surface area contributed by atoms with Crippen molar-refractivity contribution in [2.75, 3.05) is 14.2 Å². The minimum absolute atomic E-state index is 0.132. The van der Waals surface area contributed by atoms with Crippen molar-refractivity contribution in [1.82, 2.24) is 19.9 Å². The Kier molecular flexibility index (Phi) is 16.8. The molecule has 0 atom stereocenters. The summed E-state index contributed by atoms with van der Waals surface area (Å²) < 4.78 is 10.6. The number of phenolic OH excluding ortho intramolecular Hbond substituents is 4. The second-order valence-corrected chi connectivity index (χ2v) is 16.6. The molecule has 4 N–H and O–H groups in total. The van der Waals surface area contributed by atoms with Crippen molar-refractivity contribution in [3.63, 3.8) is 0 Å². The Bertz CT molecular complexity index is 2740. The van der Waals surface area contributed by atoms with Gasteiger partial charge in [-0.1, -0.05) is 101 Å². The van der Waals surface area contributed by atoms with Crippen LogP contribution in [0.1, 0.15) is 76.3 Å². The Balaban J connectivity index is 0.000000201. The highest BCUT2D eigenvalue weighted by Gasteiger charge is 2.16. The molecular weight excluding hydrogens is 849 g/mol. The number of hydrogen-bond acceptors (Lipinski definition) is 10. The number of unbranched alkanes of at least 4 members (excludes halogenated alkanes) is 6. The molecule has 0 bridgehead atoms. The summed E-state index contributed by atoms with van der Waals surface area (Å²) in [5.74, 6) is 2.15. The minimum Gasteiger partial charge on any atom is -0.507 e. The smallest absolute Gasteiger partial charge is 0.128 e. The molecule has 8 aromatic rings. The SMILES string of the molecule is CCCCCCc1cccc(-c2cccc(-c3cccc(-c4cc(OC)ccc4O)n3)n2)c1O.CCCCCCc1cccc(-c2cccc(-c3cccc(-c4cc(OC)ccc4O)n3)n2)c1O. The van der Waals surface area contributed by atoms with Crippen molar-refractivity contribution < 1.29 is 29.9 Å². The lowest BCUT2D eigenvalue weighted by atomic mass is 10.0. The lowest BCUT2D eigenvalue weighted by molar-refractivity contribution is 0.412. The molecule has 10 nitrogen and oxygen atoms in total. The van der Waals surface area contributed by atoms with Gasteiger partial charge in [-0.05, 0) is 134 Å². The third-order valence-electron chi connectivity index (χ3n) is 11.9. The second kappa shape index (κ2) is 23.6. The summed E-state index contributed by atoms with van der Waals surface area (Å²) in [6, 6.07) is 44.5. The molecule has 0 unspecified atom stereocenters. The molecule has 0 aliphatic heterocycles. The summed E-state index contributed by atoms with van der Waals surface area (Å²) in [6.45, 7) is 4.39. The maximum atomic E-state index is 10.9. The molecule has 0 aliphatic carbocycles. The van der Waals surface area contributed by atoms with Crippen LogP contribution >= 0.6 is 0 Å². The Hall–Kier alpha value is -7.72. The van der Waals surface area contributed by atoms with Crippen LogP contribution < -0.4 is 9.47 Å². The summed E-state index contributed by atoms with van der Waals surface area (Å²) in [7, 11) is 3.18. The zero-order valence-electron chi connectivity index (χ0n) is 39.3. The highest BCUT2D eigenvalue weighted by molar-refractivity contribution is 5.75. The standard InChI is InChI=1S/2C29H30N2O3/c2*1-3-4-5-6-10-20-11-7-12-22(29(20)33)24-13-8-15-26(30-24)27-16-9-14-25(31-27)23-19-21(34-2)17-18-28(23)32/h2*7-9,11-19,32-33H,3-6,10H2,1-2H3. The molecule has 0 aliphatic rings. The van der Waals surface area contributed by atoms with Crippen LogP contribution in [0.25, 0.3) is 67.8 Å². The molecule has 68 heavy (non-hydrogen) atoms. The number of aryl methyl sites for hydroxylation is 2. The molecule has 4 aromatic carbocycles. The van der Waals surface area contributed by atoms with E-state index in [0.29, 0.717) is 79.7 Å². The van der Waals surface area contributed by atoms with Crippen molar-refractivity contribution >= 4 is 0 Å². The monoisotopic (exact) mass is 908 g/mol. The number of benzene rings is 4. The largest absolute Gasteiger partial charge is 0.507 e. The fourth-order valence-corrected chi connectivity index (χ4v) is 8.09. The molecular formula is C58H60N4O6. The van der Waals surface area contributed by atoms with Crippen molar-refractivity contribution in [3.05, 3.63) is 157 Å². The molecule has 348 valence electrons. The Morgan fingerprint density at radius 1 is 0.353 bits per heavy atom. The van der Waals surface area contributed by atoms with Gasteiger partial charge in [0.15, 0.2) is 0 Å². The van der Waals surface area contributed by atoms with E-state index in [0.717, 1.165) is 47.9 Å². The highest BCUT2D eigenvalue weighted by atomic mass is 16.5. The molecule has 0 radical (unpaired) electrons. The lowest BCUT2D eigenvalue weighted by Crippen LogP contribution is -1.94. The van der Waals surface area contributed by atoms with E-state index >= 15 is 0 Å². The molecule has 0 saturated carbocycles. The summed E-state index contributed by atoms with van der Waals surface area (Å²) in [5, 5.41) is 42.6. The van der Waals surface area contributed by atoms with Gasteiger partial charge in [0.1, 0.15) is 34.5 Å². The van der Waals surface area contributed by atoms with Gasteiger partial charge in [-0.15, -0.1) is 0 Å². The van der Waals surface area contributed by atoms with Gasteiger partial charge in [-0.3, -0.25) is 0 Å². The quantitative estimate of drug-likeness (QED) is 0.0613. The average molecular weight is 909 g/mol. The molecule has 0 amide bonds. The summed E-state index contributed by atoms with van der Waals surface area (Å²) in [6.07, 6.45) is 11.0. The first-order valence-corrected chi connectivity index (χ1v) is 23.5. The topological polar surface area (TPSA) is 151 Å². The summed E-state index contributed by atoms with van der Waals surface area (Å²) in [5.41, 5.74) is 9.89. The molecule has 4 heterocycles. The first-order chi connectivity index (χ1) is 33.2. The minimum atomic E-state index is 0.132. The third-order valence-corrected chi connectivity index (χ3v) is 11.9. The normalized spacial score (nSPS) is 10.9. The molecule has 0 spiro atoms. The van der Waals surface area contributed by atoms with E-state index < -0.39 is 0 Å². The molecule has 10 heteroatoms. The van der Waals surface area contributed by atoms with Crippen LogP contribution in [0.5, 0.6) is 34.5 Å². The van der Waals surface area contributed by atoms with Gasteiger partial charge in [0, 0.05) is 22.3 Å². The lowest BCUT2D eigenvalue weighted by Gasteiger charge is -2.11. The predicted octanol–water partition coefficient (Wildman–Crippen LogP) is 14.0. The van der Waals surface area contributed by atoms with Gasteiger partial charge in [0.2, 0.25) is 0 Å². The Labute approximate surface area is 399 Å². The van der Waals surface area contributed by atoms with Crippen LogP contribution in [-0.2, 0) is 12.8 Å². The van der Waals surface area contributed by atoms with Gasteiger partial charge < -0.3 is 29.9 Å². The molecule has 0 saturated heterocycles. The van der Waals surface area contributed by atoms with E-state index in [1.165, 1.54) is 38.5 Å². The molecule has 0 fully saturated rings. The zero-order valence-corrected chi connectivity index (χ0v) is 39.3. The van der Waals surface area contributed by atoms with Crippen LogP contribution in [0.2, 0.25) is 0 Å². The van der Waals surface area contributed by atoms with Crippen LogP contribution in [0.15, 0.2) is 146 Å². The van der Waals surface area contributed by atoms with Crippen molar-refractivity contribution in [2.45, 2.75) is 78.1 Å². The van der Waals surface area contributed by atoms with E-state index in [1.807, 2.05) is 109 Å². The van der Waals surface area contributed by atoms with Gasteiger partial charge >= 0.3 is 0 Å². The number of aromatic nitrogens is 4. The van der Waals surface area contributed by atoms with E-state index in [1.54, 1.807) is 50.6 Å². The summed E-state index contributed by atoms with van der Waals surface area (Å²) >= 11 is 0. The van der Waals surface area contributed by atoms with E-state index in [4.69, 9.17) is 29.4 Å². The van der Waals surface area contributed by atoms with Gasteiger partial charge in [0.05, 0.1) is 59.8 Å². The van der Waals surface area contributed by atoms with Crippen molar-refractivity contribution in [2.24, 2.45) is 0 Å². The van der Waals surface area contributed by atoms with E-state index in [2.05, 4.69) is 13.8 Å². The third kappa shape index (κ3) is 12.0.